The number of carboxylic acid groups (broad SMARTS) is 1. The molecule has 0 aliphatic carbocycles. The van der Waals surface area contributed by atoms with E-state index in [1.54, 1.807) is 12.1 Å². The number of aromatic carboxylic acids is 1. The average Bonchev–Trinajstić information content (AvgIpc) is 2.43. The third kappa shape index (κ3) is 4.02. The Morgan fingerprint density at radius 3 is 2.48 bits per heavy atom. The molecular weight excluding hydrogens is 276 g/mol. The van der Waals surface area contributed by atoms with Gasteiger partial charge in [0.05, 0.1) is 11.3 Å². The first-order valence-corrected chi connectivity index (χ1v) is 6.49. The monoisotopic (exact) mass is 291 g/mol. The maximum atomic E-state index is 13.7. The van der Waals surface area contributed by atoms with Crippen molar-refractivity contribution in [2.24, 2.45) is 0 Å². The SMILES string of the molecule is CC(Cc1ccc(F)cc1)Nc1cc(C(=O)O)ccc1F. The van der Waals surface area contributed by atoms with Gasteiger partial charge < -0.3 is 10.4 Å². The summed E-state index contributed by atoms with van der Waals surface area (Å²) >= 11 is 0. The molecule has 0 fully saturated rings. The van der Waals surface area contributed by atoms with Gasteiger partial charge in [-0.05, 0) is 49.2 Å². The highest BCUT2D eigenvalue weighted by Crippen LogP contribution is 2.18. The molecule has 1 unspecified atom stereocenters. The van der Waals surface area contributed by atoms with E-state index in [1.807, 2.05) is 6.92 Å². The highest BCUT2D eigenvalue weighted by Gasteiger charge is 2.11. The zero-order valence-corrected chi connectivity index (χ0v) is 11.4. The molecule has 110 valence electrons. The number of rotatable bonds is 5. The maximum absolute atomic E-state index is 13.7. The van der Waals surface area contributed by atoms with E-state index in [-0.39, 0.29) is 23.1 Å². The van der Waals surface area contributed by atoms with Gasteiger partial charge in [0.15, 0.2) is 0 Å². The van der Waals surface area contributed by atoms with Crippen LogP contribution in [0.4, 0.5) is 14.5 Å². The van der Waals surface area contributed by atoms with Gasteiger partial charge in [0, 0.05) is 6.04 Å². The van der Waals surface area contributed by atoms with Crippen LogP contribution in [0.1, 0.15) is 22.8 Å². The summed E-state index contributed by atoms with van der Waals surface area (Å²) in [6.45, 7) is 1.84. The van der Waals surface area contributed by atoms with Crippen LogP contribution in [0.5, 0.6) is 0 Å². The Kier molecular flexibility index (Phi) is 4.52. The van der Waals surface area contributed by atoms with E-state index in [9.17, 15) is 13.6 Å². The van der Waals surface area contributed by atoms with Crippen LogP contribution in [0.3, 0.4) is 0 Å². The molecular formula is C16H15F2NO2. The lowest BCUT2D eigenvalue weighted by atomic mass is 10.1. The van der Waals surface area contributed by atoms with Gasteiger partial charge in [-0.2, -0.15) is 0 Å². The number of hydrogen-bond acceptors (Lipinski definition) is 2. The molecule has 0 aromatic heterocycles. The summed E-state index contributed by atoms with van der Waals surface area (Å²) in [5.74, 6) is -1.92. The van der Waals surface area contributed by atoms with Crippen molar-refractivity contribution in [3.63, 3.8) is 0 Å². The third-order valence-corrected chi connectivity index (χ3v) is 3.07. The molecule has 0 spiro atoms. The van der Waals surface area contributed by atoms with Crippen molar-refractivity contribution in [1.82, 2.24) is 0 Å². The fourth-order valence-electron chi connectivity index (χ4n) is 2.06. The molecule has 0 amide bonds. The van der Waals surface area contributed by atoms with E-state index in [0.29, 0.717) is 6.42 Å². The lowest BCUT2D eigenvalue weighted by Gasteiger charge is -2.16. The fraction of sp³-hybridized carbons (Fsp3) is 0.188. The Morgan fingerprint density at radius 1 is 1.19 bits per heavy atom. The Balaban J connectivity index is 2.08. The van der Waals surface area contributed by atoms with E-state index < -0.39 is 11.8 Å². The Hall–Kier alpha value is -2.43. The molecule has 2 N–H and O–H groups in total. The largest absolute Gasteiger partial charge is 0.478 e. The normalized spacial score (nSPS) is 12.0. The molecule has 5 heteroatoms. The molecule has 2 aromatic rings. The lowest BCUT2D eigenvalue weighted by molar-refractivity contribution is 0.0697. The number of benzene rings is 2. The van der Waals surface area contributed by atoms with E-state index in [0.717, 1.165) is 11.6 Å². The van der Waals surface area contributed by atoms with Crippen LogP contribution < -0.4 is 5.32 Å². The summed E-state index contributed by atoms with van der Waals surface area (Å²) in [4.78, 5) is 10.9. The van der Waals surface area contributed by atoms with Crippen molar-refractivity contribution >= 4 is 11.7 Å². The molecule has 0 heterocycles. The first kappa shape index (κ1) is 15.0. The number of carboxylic acids is 1. The lowest BCUT2D eigenvalue weighted by Crippen LogP contribution is -2.19. The minimum Gasteiger partial charge on any atom is -0.478 e. The van der Waals surface area contributed by atoms with Crippen molar-refractivity contribution in [1.29, 1.82) is 0 Å². The molecule has 0 aliphatic heterocycles. The zero-order chi connectivity index (χ0) is 15.4. The molecule has 0 radical (unpaired) electrons. The minimum atomic E-state index is -1.11. The van der Waals surface area contributed by atoms with E-state index in [4.69, 9.17) is 5.11 Å². The number of carbonyl (C=O) groups is 1. The highest BCUT2D eigenvalue weighted by molar-refractivity contribution is 5.88. The summed E-state index contributed by atoms with van der Waals surface area (Å²) in [7, 11) is 0. The van der Waals surface area contributed by atoms with Gasteiger partial charge in [0.1, 0.15) is 11.6 Å². The predicted octanol–water partition coefficient (Wildman–Crippen LogP) is 3.71. The van der Waals surface area contributed by atoms with Gasteiger partial charge in [-0.15, -0.1) is 0 Å². The van der Waals surface area contributed by atoms with Crippen molar-refractivity contribution in [3.05, 3.63) is 65.2 Å². The van der Waals surface area contributed by atoms with Gasteiger partial charge in [-0.3, -0.25) is 0 Å². The minimum absolute atomic E-state index is 0.0212. The van der Waals surface area contributed by atoms with Crippen molar-refractivity contribution in [2.75, 3.05) is 5.32 Å². The second-order valence-electron chi connectivity index (χ2n) is 4.88. The molecule has 21 heavy (non-hydrogen) atoms. The third-order valence-electron chi connectivity index (χ3n) is 3.07. The average molecular weight is 291 g/mol. The van der Waals surface area contributed by atoms with Crippen LogP contribution in [0.2, 0.25) is 0 Å². The summed E-state index contributed by atoms with van der Waals surface area (Å²) in [6.07, 6.45) is 0.566. The smallest absolute Gasteiger partial charge is 0.335 e. The first-order chi connectivity index (χ1) is 9.95. The van der Waals surface area contributed by atoms with Gasteiger partial charge in [0.25, 0.3) is 0 Å². The standard InChI is InChI=1S/C16H15F2NO2/c1-10(8-11-2-5-13(17)6-3-11)19-15-9-12(16(20)21)4-7-14(15)18/h2-7,9-10,19H,8H2,1H3,(H,20,21). The number of hydrogen-bond donors (Lipinski definition) is 2. The van der Waals surface area contributed by atoms with Crippen LogP contribution in [0.15, 0.2) is 42.5 Å². The molecule has 2 rings (SSSR count). The van der Waals surface area contributed by atoms with Crippen LogP contribution in [-0.4, -0.2) is 17.1 Å². The topological polar surface area (TPSA) is 49.3 Å². The number of nitrogens with one attached hydrogen (secondary N) is 1. The molecule has 0 saturated carbocycles. The first-order valence-electron chi connectivity index (χ1n) is 6.49. The quantitative estimate of drug-likeness (QED) is 0.883. The highest BCUT2D eigenvalue weighted by atomic mass is 19.1. The molecule has 0 bridgehead atoms. The second-order valence-corrected chi connectivity index (χ2v) is 4.88. The van der Waals surface area contributed by atoms with Gasteiger partial charge >= 0.3 is 5.97 Å². The molecule has 3 nitrogen and oxygen atoms in total. The van der Waals surface area contributed by atoms with Crippen LogP contribution in [0.25, 0.3) is 0 Å². The summed E-state index contributed by atoms with van der Waals surface area (Å²) < 4.78 is 26.5. The molecule has 0 saturated heterocycles. The summed E-state index contributed by atoms with van der Waals surface area (Å²) in [5, 5.41) is 11.8. The summed E-state index contributed by atoms with van der Waals surface area (Å²) in [6, 6.07) is 9.54. The molecule has 2 aromatic carbocycles. The number of anilines is 1. The Morgan fingerprint density at radius 2 is 1.86 bits per heavy atom. The van der Waals surface area contributed by atoms with Crippen LogP contribution >= 0.6 is 0 Å². The van der Waals surface area contributed by atoms with Crippen LogP contribution in [0, 0.1) is 11.6 Å². The summed E-state index contributed by atoms with van der Waals surface area (Å²) in [5.41, 5.74) is 1.07. The zero-order valence-electron chi connectivity index (χ0n) is 11.4. The molecule has 0 aliphatic rings. The van der Waals surface area contributed by atoms with Gasteiger partial charge in [0.2, 0.25) is 0 Å². The van der Waals surface area contributed by atoms with E-state index in [1.165, 1.54) is 24.3 Å². The Labute approximate surface area is 121 Å². The Bertz CT molecular complexity index is 641. The van der Waals surface area contributed by atoms with Crippen molar-refractivity contribution < 1.29 is 18.7 Å². The van der Waals surface area contributed by atoms with Gasteiger partial charge in [-0.25, -0.2) is 13.6 Å². The fourth-order valence-corrected chi connectivity index (χ4v) is 2.06. The van der Waals surface area contributed by atoms with E-state index >= 15 is 0 Å². The number of halogens is 2. The second kappa shape index (κ2) is 6.35. The maximum Gasteiger partial charge on any atom is 0.335 e. The van der Waals surface area contributed by atoms with Crippen LogP contribution in [-0.2, 0) is 6.42 Å². The van der Waals surface area contributed by atoms with Gasteiger partial charge in [-0.1, -0.05) is 12.1 Å². The van der Waals surface area contributed by atoms with Crippen molar-refractivity contribution in [2.45, 2.75) is 19.4 Å². The van der Waals surface area contributed by atoms with Crippen molar-refractivity contribution in [3.8, 4) is 0 Å². The predicted molar refractivity (Wildman–Crippen MR) is 76.5 cm³/mol. The van der Waals surface area contributed by atoms with E-state index in [2.05, 4.69) is 5.32 Å². The molecule has 1 atom stereocenters.